The highest BCUT2D eigenvalue weighted by Gasteiger charge is 2.33. The Bertz CT molecular complexity index is 700. The SMILES string of the molecule is Cc1sc(Nc2ccc(Cl)c(C(F)(F)F)c2)nc1C(=O)O. The van der Waals surface area contributed by atoms with E-state index in [9.17, 15) is 18.0 Å². The molecule has 112 valence electrons. The molecule has 0 aliphatic carbocycles. The minimum absolute atomic E-state index is 0.123. The summed E-state index contributed by atoms with van der Waals surface area (Å²) in [5, 5.41) is 11.3. The van der Waals surface area contributed by atoms with Gasteiger partial charge in [-0.3, -0.25) is 0 Å². The maximum Gasteiger partial charge on any atom is 0.417 e. The van der Waals surface area contributed by atoms with Crippen LogP contribution in [0.4, 0.5) is 24.0 Å². The van der Waals surface area contributed by atoms with Crippen molar-refractivity contribution in [3.63, 3.8) is 0 Å². The van der Waals surface area contributed by atoms with Crippen LogP contribution < -0.4 is 5.32 Å². The van der Waals surface area contributed by atoms with Gasteiger partial charge in [0.25, 0.3) is 0 Å². The van der Waals surface area contributed by atoms with Gasteiger partial charge in [0.1, 0.15) is 0 Å². The predicted molar refractivity (Wildman–Crippen MR) is 73.5 cm³/mol. The monoisotopic (exact) mass is 336 g/mol. The molecule has 0 radical (unpaired) electrons. The molecule has 0 saturated carbocycles. The van der Waals surface area contributed by atoms with Gasteiger partial charge < -0.3 is 10.4 Å². The molecule has 0 aliphatic heterocycles. The first-order valence-electron chi connectivity index (χ1n) is 5.53. The summed E-state index contributed by atoms with van der Waals surface area (Å²) >= 11 is 6.55. The topological polar surface area (TPSA) is 62.2 Å². The Balaban J connectivity index is 2.32. The van der Waals surface area contributed by atoms with Crippen molar-refractivity contribution in [3.05, 3.63) is 39.4 Å². The van der Waals surface area contributed by atoms with Crippen LogP contribution in [0.5, 0.6) is 0 Å². The van der Waals surface area contributed by atoms with Gasteiger partial charge >= 0.3 is 12.1 Å². The third kappa shape index (κ3) is 3.45. The van der Waals surface area contributed by atoms with Gasteiger partial charge in [-0.2, -0.15) is 13.2 Å². The van der Waals surface area contributed by atoms with E-state index in [1.54, 1.807) is 6.92 Å². The van der Waals surface area contributed by atoms with Gasteiger partial charge in [0.05, 0.1) is 10.6 Å². The molecule has 9 heteroatoms. The Morgan fingerprint density at radius 1 is 1.43 bits per heavy atom. The number of anilines is 2. The number of aromatic nitrogens is 1. The smallest absolute Gasteiger partial charge is 0.417 e. The van der Waals surface area contributed by atoms with E-state index >= 15 is 0 Å². The number of carboxylic acid groups (broad SMARTS) is 1. The Labute approximate surface area is 126 Å². The van der Waals surface area contributed by atoms with Crippen LogP contribution in [0.2, 0.25) is 5.02 Å². The molecule has 0 bridgehead atoms. The van der Waals surface area contributed by atoms with Crippen molar-refractivity contribution < 1.29 is 23.1 Å². The third-order valence-corrected chi connectivity index (χ3v) is 3.74. The Morgan fingerprint density at radius 2 is 2.10 bits per heavy atom. The van der Waals surface area contributed by atoms with Crippen LogP contribution in [-0.4, -0.2) is 16.1 Å². The molecule has 1 aromatic carbocycles. The van der Waals surface area contributed by atoms with Crippen LogP contribution >= 0.6 is 22.9 Å². The van der Waals surface area contributed by atoms with E-state index in [1.165, 1.54) is 6.07 Å². The number of nitrogens with zero attached hydrogens (tertiary/aromatic N) is 1. The average Bonchev–Trinajstić information content (AvgIpc) is 2.71. The number of alkyl halides is 3. The maximum absolute atomic E-state index is 12.7. The van der Waals surface area contributed by atoms with Crippen molar-refractivity contribution in [2.45, 2.75) is 13.1 Å². The zero-order valence-corrected chi connectivity index (χ0v) is 12.0. The summed E-state index contributed by atoms with van der Waals surface area (Å²) < 4.78 is 38.2. The van der Waals surface area contributed by atoms with Gasteiger partial charge in [0.15, 0.2) is 10.8 Å². The lowest BCUT2D eigenvalue weighted by Crippen LogP contribution is -2.06. The van der Waals surface area contributed by atoms with Gasteiger partial charge in [-0.1, -0.05) is 11.6 Å². The van der Waals surface area contributed by atoms with Crippen LogP contribution in [0.25, 0.3) is 0 Å². The number of thiazole rings is 1. The molecule has 2 rings (SSSR count). The van der Waals surface area contributed by atoms with Crippen molar-refractivity contribution in [1.82, 2.24) is 4.98 Å². The zero-order chi connectivity index (χ0) is 15.8. The molecule has 2 aromatic rings. The van der Waals surface area contributed by atoms with Gasteiger partial charge in [0.2, 0.25) is 0 Å². The molecule has 0 unspecified atom stereocenters. The number of benzene rings is 1. The number of rotatable bonds is 3. The highest BCUT2D eigenvalue weighted by Crippen LogP contribution is 2.37. The average molecular weight is 337 g/mol. The Morgan fingerprint density at radius 3 is 2.62 bits per heavy atom. The molecule has 1 heterocycles. The number of nitrogens with one attached hydrogen (secondary N) is 1. The lowest BCUT2D eigenvalue weighted by atomic mass is 10.2. The number of hydrogen-bond acceptors (Lipinski definition) is 4. The summed E-state index contributed by atoms with van der Waals surface area (Å²) in [5.74, 6) is -1.19. The number of carbonyl (C=O) groups is 1. The van der Waals surface area contributed by atoms with Crippen molar-refractivity contribution >= 4 is 39.7 Å². The fourth-order valence-corrected chi connectivity index (χ4v) is 2.64. The van der Waals surface area contributed by atoms with E-state index in [2.05, 4.69) is 10.3 Å². The van der Waals surface area contributed by atoms with Crippen LogP contribution in [0, 0.1) is 6.92 Å². The first kappa shape index (κ1) is 15.6. The minimum Gasteiger partial charge on any atom is -0.476 e. The molecular weight excluding hydrogens is 329 g/mol. The Hall–Kier alpha value is -1.80. The van der Waals surface area contributed by atoms with Gasteiger partial charge in [-0.25, -0.2) is 9.78 Å². The van der Waals surface area contributed by atoms with E-state index < -0.39 is 22.7 Å². The molecule has 1 aromatic heterocycles. The van der Waals surface area contributed by atoms with E-state index in [1.807, 2.05) is 0 Å². The van der Waals surface area contributed by atoms with Crippen molar-refractivity contribution in [2.24, 2.45) is 0 Å². The summed E-state index contributed by atoms with van der Waals surface area (Å²) in [7, 11) is 0. The van der Waals surface area contributed by atoms with Gasteiger partial charge in [-0.15, -0.1) is 11.3 Å². The maximum atomic E-state index is 12.7. The molecular formula is C12H8ClF3N2O2S. The van der Waals surface area contributed by atoms with Crippen LogP contribution in [-0.2, 0) is 6.18 Å². The van der Waals surface area contributed by atoms with Crippen molar-refractivity contribution in [2.75, 3.05) is 5.32 Å². The van der Waals surface area contributed by atoms with E-state index in [4.69, 9.17) is 16.7 Å². The molecule has 0 saturated heterocycles. The lowest BCUT2D eigenvalue weighted by Gasteiger charge is -2.11. The largest absolute Gasteiger partial charge is 0.476 e. The van der Waals surface area contributed by atoms with Crippen LogP contribution in [0.1, 0.15) is 20.9 Å². The number of hydrogen-bond donors (Lipinski definition) is 2. The van der Waals surface area contributed by atoms with Crippen LogP contribution in [0.3, 0.4) is 0 Å². The molecule has 0 amide bonds. The van der Waals surface area contributed by atoms with Crippen molar-refractivity contribution in [1.29, 1.82) is 0 Å². The number of carboxylic acids is 1. The normalized spacial score (nSPS) is 11.5. The second-order valence-corrected chi connectivity index (χ2v) is 5.66. The zero-order valence-electron chi connectivity index (χ0n) is 10.5. The summed E-state index contributed by atoms with van der Waals surface area (Å²) in [5.41, 5.74) is -0.981. The standard InChI is InChI=1S/C12H8ClF3N2O2S/c1-5-9(10(19)20)18-11(21-5)17-6-2-3-8(13)7(4-6)12(14,15)16/h2-4H,1H3,(H,17,18)(H,19,20). The lowest BCUT2D eigenvalue weighted by molar-refractivity contribution is -0.137. The van der Waals surface area contributed by atoms with E-state index in [-0.39, 0.29) is 16.5 Å². The predicted octanol–water partition coefficient (Wildman–Crippen LogP) is 4.57. The summed E-state index contributed by atoms with van der Waals surface area (Å²) in [6.07, 6.45) is -4.57. The summed E-state index contributed by atoms with van der Waals surface area (Å²) in [6, 6.07) is 3.32. The highest BCUT2D eigenvalue weighted by molar-refractivity contribution is 7.15. The van der Waals surface area contributed by atoms with Gasteiger partial charge in [-0.05, 0) is 25.1 Å². The van der Waals surface area contributed by atoms with Crippen molar-refractivity contribution in [3.8, 4) is 0 Å². The van der Waals surface area contributed by atoms with E-state index in [0.717, 1.165) is 23.5 Å². The number of aromatic carboxylic acids is 1. The minimum atomic E-state index is -4.57. The number of aryl methyl sites for hydroxylation is 1. The summed E-state index contributed by atoms with van der Waals surface area (Å²) in [6.45, 7) is 1.56. The first-order chi connectivity index (χ1) is 9.68. The Kier molecular flexibility index (Phi) is 4.11. The molecule has 0 spiro atoms. The highest BCUT2D eigenvalue weighted by atomic mass is 35.5. The molecule has 0 aliphatic rings. The van der Waals surface area contributed by atoms with Gasteiger partial charge in [0, 0.05) is 10.6 Å². The second kappa shape index (κ2) is 5.53. The first-order valence-corrected chi connectivity index (χ1v) is 6.72. The fourth-order valence-electron chi connectivity index (χ4n) is 1.59. The fraction of sp³-hybridized carbons (Fsp3) is 0.167. The summed E-state index contributed by atoms with van der Waals surface area (Å²) in [4.78, 5) is 15.1. The molecule has 4 nitrogen and oxygen atoms in total. The van der Waals surface area contributed by atoms with Crippen LogP contribution in [0.15, 0.2) is 18.2 Å². The quantitative estimate of drug-likeness (QED) is 0.862. The molecule has 2 N–H and O–H groups in total. The number of halogens is 4. The molecule has 0 fully saturated rings. The molecule has 21 heavy (non-hydrogen) atoms. The second-order valence-electron chi connectivity index (χ2n) is 4.05. The molecule has 0 atom stereocenters. The third-order valence-electron chi connectivity index (χ3n) is 2.52. The van der Waals surface area contributed by atoms with E-state index in [0.29, 0.717) is 4.88 Å².